The number of carbonyl (C=O) groups is 2. The van der Waals surface area contributed by atoms with E-state index in [4.69, 9.17) is 4.74 Å². The van der Waals surface area contributed by atoms with Crippen molar-refractivity contribution in [1.29, 1.82) is 0 Å². The molecule has 3 heterocycles. The molecule has 34 heavy (non-hydrogen) atoms. The van der Waals surface area contributed by atoms with Gasteiger partial charge in [0, 0.05) is 23.9 Å². The maximum atomic E-state index is 14.1. The Hall–Kier alpha value is -3.27. The van der Waals surface area contributed by atoms with E-state index in [9.17, 15) is 28.3 Å². The van der Waals surface area contributed by atoms with E-state index in [-0.39, 0.29) is 41.8 Å². The Kier molecular flexibility index (Phi) is 5.23. The number of fused-ring (bicyclic) bond motifs is 5. The van der Waals surface area contributed by atoms with Crippen molar-refractivity contribution < 1.29 is 28.2 Å². The number of rotatable bonds is 3. The molecule has 6 atom stereocenters. The fourth-order valence-corrected chi connectivity index (χ4v) is 5.47. The molecule has 180 valence electrons. The van der Waals surface area contributed by atoms with E-state index in [1.165, 1.54) is 23.8 Å². The van der Waals surface area contributed by atoms with Crippen LogP contribution in [0.5, 0.6) is 5.75 Å². The summed E-state index contributed by atoms with van der Waals surface area (Å²) in [6.07, 6.45) is 1.37. The summed E-state index contributed by atoms with van der Waals surface area (Å²) in [5, 5.41) is 13.1. The van der Waals surface area contributed by atoms with E-state index in [0.29, 0.717) is 12.5 Å². The van der Waals surface area contributed by atoms with Crippen LogP contribution in [-0.2, 0) is 11.3 Å². The highest BCUT2D eigenvalue weighted by Crippen LogP contribution is 2.44. The normalized spacial score (nSPS) is 28.3. The topological polar surface area (TPSA) is 101 Å². The number of amides is 2. The summed E-state index contributed by atoms with van der Waals surface area (Å²) in [5.74, 6) is -3.29. The number of hydrogen-bond donors (Lipinski definition) is 2. The van der Waals surface area contributed by atoms with Gasteiger partial charge in [0.2, 0.25) is 5.43 Å². The smallest absolute Gasteiger partial charge is 0.276 e. The Morgan fingerprint density at radius 2 is 1.97 bits per heavy atom. The number of pyridine rings is 1. The van der Waals surface area contributed by atoms with Crippen molar-refractivity contribution >= 4 is 11.8 Å². The Morgan fingerprint density at radius 3 is 2.68 bits per heavy atom. The second-order valence-electron chi connectivity index (χ2n) is 9.45. The number of nitrogens with one attached hydrogen (secondary N) is 1. The van der Waals surface area contributed by atoms with Crippen LogP contribution >= 0.6 is 0 Å². The molecule has 3 unspecified atom stereocenters. The molecule has 1 aromatic carbocycles. The zero-order valence-corrected chi connectivity index (χ0v) is 18.9. The minimum absolute atomic E-state index is 0.0119. The van der Waals surface area contributed by atoms with Crippen molar-refractivity contribution in [3.05, 3.63) is 63.1 Å². The fraction of sp³-hybridized carbons (Fsp3) is 0.458. The molecule has 1 aliphatic carbocycles. The van der Waals surface area contributed by atoms with E-state index in [1.807, 2.05) is 0 Å². The van der Waals surface area contributed by atoms with Gasteiger partial charge in [-0.05, 0) is 31.2 Å². The van der Waals surface area contributed by atoms with E-state index in [2.05, 4.69) is 19.2 Å². The summed E-state index contributed by atoms with van der Waals surface area (Å²) in [6.45, 7) is 5.79. The molecule has 2 aliphatic heterocycles. The van der Waals surface area contributed by atoms with Crippen molar-refractivity contribution in [3.8, 4) is 5.75 Å². The van der Waals surface area contributed by atoms with Gasteiger partial charge in [-0.2, -0.15) is 0 Å². The van der Waals surface area contributed by atoms with Gasteiger partial charge < -0.3 is 24.6 Å². The van der Waals surface area contributed by atoms with Crippen molar-refractivity contribution in [1.82, 2.24) is 14.8 Å². The average Bonchev–Trinajstić information content (AvgIpc) is 2.99. The van der Waals surface area contributed by atoms with E-state index >= 15 is 0 Å². The lowest BCUT2D eigenvalue weighted by molar-refractivity contribution is -0.138. The molecular formula is C24H25F2N3O5. The second kappa shape index (κ2) is 7.90. The van der Waals surface area contributed by atoms with Crippen molar-refractivity contribution in [2.75, 3.05) is 0 Å². The SMILES string of the molecule is CC1C2CC([C@H]1C)N1C(=O)c3c(O)c(=O)c(C(=O)N[C@H](C)c4ccc(F)cc4F)cn3C[C@H]1O2. The number of aromatic hydroxyl groups is 1. The van der Waals surface area contributed by atoms with Crippen molar-refractivity contribution in [3.63, 3.8) is 0 Å². The van der Waals surface area contributed by atoms with Crippen LogP contribution in [0.1, 0.15) is 59.6 Å². The quantitative estimate of drug-likeness (QED) is 0.714. The zero-order valence-electron chi connectivity index (χ0n) is 18.9. The van der Waals surface area contributed by atoms with Gasteiger partial charge in [-0.3, -0.25) is 14.4 Å². The van der Waals surface area contributed by atoms with Gasteiger partial charge in [0.1, 0.15) is 17.2 Å². The largest absolute Gasteiger partial charge is 0.503 e. The summed E-state index contributed by atoms with van der Waals surface area (Å²) in [5.41, 5.74) is -1.52. The summed E-state index contributed by atoms with van der Waals surface area (Å²) in [6, 6.07) is 2.04. The molecule has 2 aromatic rings. The van der Waals surface area contributed by atoms with Gasteiger partial charge in [0.05, 0.1) is 18.7 Å². The van der Waals surface area contributed by atoms with E-state index in [0.717, 1.165) is 6.07 Å². The van der Waals surface area contributed by atoms with Crippen LogP contribution in [0.4, 0.5) is 8.78 Å². The first kappa shape index (κ1) is 22.5. The molecule has 0 spiro atoms. The van der Waals surface area contributed by atoms with E-state index < -0.39 is 52.5 Å². The standard InChI is InChI=1S/C24H25F2N3O5/c1-10-11(2)18-7-17(10)29-19(34-18)9-28-8-15(21(30)22(31)20(28)24(29)33)23(32)27-12(3)14-5-4-13(25)6-16(14)26/h4-6,8,10-12,17-19,31H,7,9H2,1-3H3,(H,27,32)/t10-,11?,12+,17?,18?,19+/m0/s1. The number of aromatic nitrogens is 1. The number of hydrogen-bond acceptors (Lipinski definition) is 5. The number of ether oxygens (including phenoxy) is 1. The van der Waals surface area contributed by atoms with Crippen LogP contribution in [0.15, 0.2) is 29.2 Å². The molecule has 8 nitrogen and oxygen atoms in total. The third-order valence-electron chi connectivity index (χ3n) is 7.56. The molecule has 0 radical (unpaired) electrons. The fourth-order valence-electron chi connectivity index (χ4n) is 5.47. The second-order valence-corrected chi connectivity index (χ2v) is 9.45. The summed E-state index contributed by atoms with van der Waals surface area (Å²) in [4.78, 5) is 40.7. The summed E-state index contributed by atoms with van der Waals surface area (Å²) >= 11 is 0. The molecule has 3 aliphatic rings. The molecule has 2 N–H and O–H groups in total. The Balaban J connectivity index is 1.46. The summed E-state index contributed by atoms with van der Waals surface area (Å²) < 4.78 is 34.8. The minimum Gasteiger partial charge on any atom is -0.503 e. The Bertz CT molecular complexity index is 1260. The van der Waals surface area contributed by atoms with Gasteiger partial charge in [-0.15, -0.1) is 0 Å². The first-order valence-electron chi connectivity index (χ1n) is 11.3. The molecule has 1 aromatic heterocycles. The van der Waals surface area contributed by atoms with Gasteiger partial charge in [0.15, 0.2) is 17.7 Å². The van der Waals surface area contributed by atoms with Gasteiger partial charge in [-0.1, -0.05) is 19.9 Å². The maximum Gasteiger partial charge on any atom is 0.276 e. The Morgan fingerprint density at radius 1 is 1.24 bits per heavy atom. The lowest BCUT2D eigenvalue weighted by atomic mass is 9.96. The molecule has 2 bridgehead atoms. The number of benzene rings is 1. The lowest BCUT2D eigenvalue weighted by Crippen LogP contribution is -2.58. The number of carbonyl (C=O) groups excluding carboxylic acids is 2. The lowest BCUT2D eigenvalue weighted by Gasteiger charge is -2.45. The zero-order chi connectivity index (χ0) is 24.5. The molecule has 2 fully saturated rings. The minimum atomic E-state index is -0.994. The van der Waals surface area contributed by atoms with Crippen LogP contribution in [0.3, 0.4) is 0 Å². The molecule has 10 heteroatoms. The van der Waals surface area contributed by atoms with Crippen LogP contribution in [0, 0.1) is 23.5 Å². The first-order valence-corrected chi connectivity index (χ1v) is 11.3. The molecular weight excluding hydrogens is 448 g/mol. The molecule has 2 amide bonds. The average molecular weight is 473 g/mol. The summed E-state index contributed by atoms with van der Waals surface area (Å²) in [7, 11) is 0. The van der Waals surface area contributed by atoms with Crippen molar-refractivity contribution in [2.45, 2.75) is 58.2 Å². The van der Waals surface area contributed by atoms with Crippen molar-refractivity contribution in [2.24, 2.45) is 11.8 Å². The van der Waals surface area contributed by atoms with Crippen LogP contribution in [-0.4, -0.2) is 44.8 Å². The highest BCUT2D eigenvalue weighted by atomic mass is 19.1. The van der Waals surface area contributed by atoms with Gasteiger partial charge >= 0.3 is 0 Å². The van der Waals surface area contributed by atoms with E-state index in [1.54, 1.807) is 4.90 Å². The van der Waals surface area contributed by atoms with Crippen LogP contribution < -0.4 is 10.7 Å². The first-order chi connectivity index (χ1) is 16.1. The third kappa shape index (κ3) is 3.31. The highest BCUT2D eigenvalue weighted by molar-refractivity contribution is 5.99. The highest BCUT2D eigenvalue weighted by Gasteiger charge is 2.53. The molecule has 1 saturated carbocycles. The maximum absolute atomic E-state index is 14.1. The monoisotopic (exact) mass is 473 g/mol. The predicted octanol–water partition coefficient (Wildman–Crippen LogP) is 2.55. The number of nitrogens with zero attached hydrogens (tertiary/aromatic N) is 2. The van der Waals surface area contributed by atoms with Gasteiger partial charge in [0.25, 0.3) is 11.8 Å². The number of halogens is 2. The third-order valence-corrected chi connectivity index (χ3v) is 7.56. The van der Waals surface area contributed by atoms with Gasteiger partial charge in [-0.25, -0.2) is 8.78 Å². The molecule has 1 saturated heterocycles. The van der Waals surface area contributed by atoms with Crippen LogP contribution in [0.25, 0.3) is 0 Å². The Labute approximate surface area is 194 Å². The molecule has 5 rings (SSSR count). The predicted molar refractivity (Wildman–Crippen MR) is 116 cm³/mol. The van der Waals surface area contributed by atoms with Crippen LogP contribution in [0.2, 0.25) is 0 Å².